The molecule has 16 heavy (non-hydrogen) atoms. The van der Waals surface area contributed by atoms with Crippen LogP contribution in [0.3, 0.4) is 0 Å². The highest BCUT2D eigenvalue weighted by Crippen LogP contribution is 2.09. The molecule has 0 aromatic carbocycles. The van der Waals surface area contributed by atoms with Crippen molar-refractivity contribution < 1.29 is 0 Å². The van der Waals surface area contributed by atoms with E-state index in [1.54, 1.807) is 0 Å². The van der Waals surface area contributed by atoms with E-state index in [1.165, 1.54) is 12.0 Å². The van der Waals surface area contributed by atoms with Gasteiger partial charge in [-0.15, -0.1) is 0 Å². The molecular formula is C13H23N3. The molecule has 3 nitrogen and oxygen atoms in total. The van der Waals surface area contributed by atoms with Crippen molar-refractivity contribution in [3.8, 4) is 0 Å². The van der Waals surface area contributed by atoms with Crippen molar-refractivity contribution in [2.45, 2.75) is 32.9 Å². The van der Waals surface area contributed by atoms with Gasteiger partial charge in [-0.3, -0.25) is 9.88 Å². The molecule has 0 aliphatic heterocycles. The van der Waals surface area contributed by atoms with Crippen LogP contribution in [0.2, 0.25) is 0 Å². The van der Waals surface area contributed by atoms with Crippen LogP contribution in [-0.2, 0) is 6.54 Å². The van der Waals surface area contributed by atoms with Crippen LogP contribution >= 0.6 is 0 Å². The van der Waals surface area contributed by atoms with Gasteiger partial charge in [0.05, 0.1) is 0 Å². The summed E-state index contributed by atoms with van der Waals surface area (Å²) in [5.41, 5.74) is 1.34. The lowest BCUT2D eigenvalue weighted by atomic mass is 10.1. The molecular weight excluding hydrogens is 198 g/mol. The Morgan fingerprint density at radius 3 is 2.50 bits per heavy atom. The van der Waals surface area contributed by atoms with Crippen LogP contribution in [0.15, 0.2) is 24.5 Å². The monoisotopic (exact) mass is 221 g/mol. The van der Waals surface area contributed by atoms with Crippen LogP contribution in [0.25, 0.3) is 0 Å². The van der Waals surface area contributed by atoms with Crippen LogP contribution in [0.5, 0.6) is 0 Å². The lowest BCUT2D eigenvalue weighted by Gasteiger charge is -2.29. The van der Waals surface area contributed by atoms with Crippen LogP contribution in [0.4, 0.5) is 0 Å². The van der Waals surface area contributed by atoms with Gasteiger partial charge in [0.2, 0.25) is 0 Å². The van der Waals surface area contributed by atoms with Gasteiger partial charge in [-0.25, -0.2) is 0 Å². The number of likely N-dealkylation sites (N-methyl/N-ethyl adjacent to an activating group) is 2. The highest BCUT2D eigenvalue weighted by atomic mass is 15.2. The van der Waals surface area contributed by atoms with E-state index in [9.17, 15) is 0 Å². The molecule has 0 amide bonds. The van der Waals surface area contributed by atoms with Gasteiger partial charge in [-0.2, -0.15) is 0 Å². The summed E-state index contributed by atoms with van der Waals surface area (Å²) in [6.45, 7) is 7.62. The minimum Gasteiger partial charge on any atom is -0.318 e. The minimum atomic E-state index is 0.614. The summed E-state index contributed by atoms with van der Waals surface area (Å²) in [6, 6.07) is 4.80. The van der Waals surface area contributed by atoms with Crippen molar-refractivity contribution in [1.29, 1.82) is 0 Å². The Morgan fingerprint density at radius 1 is 1.31 bits per heavy atom. The number of hydrogen-bond acceptors (Lipinski definition) is 3. The second kappa shape index (κ2) is 7.36. The molecule has 1 N–H and O–H groups in total. The molecule has 1 aromatic heterocycles. The second-order valence-corrected chi connectivity index (χ2v) is 4.04. The molecule has 0 spiro atoms. The third kappa shape index (κ3) is 3.91. The van der Waals surface area contributed by atoms with Gasteiger partial charge in [0, 0.05) is 31.5 Å². The van der Waals surface area contributed by atoms with E-state index in [1.807, 2.05) is 19.4 Å². The third-order valence-corrected chi connectivity index (χ3v) is 2.97. The van der Waals surface area contributed by atoms with E-state index in [2.05, 4.69) is 41.2 Å². The Bertz CT molecular complexity index is 274. The van der Waals surface area contributed by atoms with E-state index in [0.717, 1.165) is 19.6 Å². The first-order valence-corrected chi connectivity index (χ1v) is 6.09. The highest BCUT2D eigenvalue weighted by molar-refractivity contribution is 5.09. The number of nitrogens with one attached hydrogen (secondary N) is 1. The van der Waals surface area contributed by atoms with Crippen LogP contribution in [0, 0.1) is 0 Å². The molecule has 0 fully saturated rings. The summed E-state index contributed by atoms with van der Waals surface area (Å²) in [5.74, 6) is 0. The second-order valence-electron chi connectivity index (χ2n) is 4.04. The van der Waals surface area contributed by atoms with Crippen molar-refractivity contribution in [1.82, 2.24) is 15.2 Å². The fourth-order valence-corrected chi connectivity index (χ4v) is 1.99. The average molecular weight is 221 g/mol. The zero-order valence-corrected chi connectivity index (χ0v) is 10.6. The molecule has 0 radical (unpaired) electrons. The van der Waals surface area contributed by atoms with Crippen LogP contribution in [0.1, 0.15) is 25.8 Å². The third-order valence-electron chi connectivity index (χ3n) is 2.97. The first kappa shape index (κ1) is 13.1. The molecule has 0 bridgehead atoms. The maximum atomic E-state index is 4.05. The molecule has 0 saturated carbocycles. The molecule has 1 rings (SSSR count). The van der Waals surface area contributed by atoms with Gasteiger partial charge >= 0.3 is 0 Å². The van der Waals surface area contributed by atoms with Crippen molar-refractivity contribution in [3.63, 3.8) is 0 Å². The molecule has 1 atom stereocenters. The Kier molecular flexibility index (Phi) is 6.04. The fourth-order valence-electron chi connectivity index (χ4n) is 1.99. The van der Waals surface area contributed by atoms with E-state index >= 15 is 0 Å². The number of aromatic nitrogens is 1. The summed E-state index contributed by atoms with van der Waals surface area (Å²) >= 11 is 0. The van der Waals surface area contributed by atoms with Gasteiger partial charge < -0.3 is 5.32 Å². The van der Waals surface area contributed by atoms with Crippen molar-refractivity contribution in [2.75, 3.05) is 20.1 Å². The minimum absolute atomic E-state index is 0.614. The molecule has 1 heterocycles. The topological polar surface area (TPSA) is 28.2 Å². The smallest absolute Gasteiger partial charge is 0.0271 e. The Labute approximate surface area is 98.9 Å². The molecule has 3 heteroatoms. The summed E-state index contributed by atoms with van der Waals surface area (Å²) in [5, 5.41) is 3.27. The van der Waals surface area contributed by atoms with Crippen molar-refractivity contribution in [2.24, 2.45) is 0 Å². The standard InChI is InChI=1S/C13H23N3/c1-4-13(10-14-3)16(5-2)11-12-6-8-15-9-7-12/h6-9,13-14H,4-5,10-11H2,1-3H3. The van der Waals surface area contributed by atoms with Gasteiger partial charge in [0.1, 0.15) is 0 Å². The predicted molar refractivity (Wildman–Crippen MR) is 68.3 cm³/mol. The van der Waals surface area contributed by atoms with Gasteiger partial charge in [-0.05, 0) is 37.7 Å². The van der Waals surface area contributed by atoms with Crippen molar-refractivity contribution in [3.05, 3.63) is 30.1 Å². The maximum Gasteiger partial charge on any atom is 0.0271 e. The van der Waals surface area contributed by atoms with Gasteiger partial charge in [-0.1, -0.05) is 13.8 Å². The summed E-state index contributed by atoms with van der Waals surface area (Å²) < 4.78 is 0. The maximum absolute atomic E-state index is 4.05. The fraction of sp³-hybridized carbons (Fsp3) is 0.615. The Morgan fingerprint density at radius 2 is 2.00 bits per heavy atom. The Hall–Kier alpha value is -0.930. The number of pyridine rings is 1. The summed E-state index contributed by atoms with van der Waals surface area (Å²) in [4.78, 5) is 6.55. The SMILES string of the molecule is CCC(CNC)N(CC)Cc1ccncc1. The molecule has 0 saturated heterocycles. The van der Waals surface area contributed by atoms with E-state index in [4.69, 9.17) is 0 Å². The molecule has 0 aliphatic carbocycles. The average Bonchev–Trinajstić information content (AvgIpc) is 2.35. The largest absolute Gasteiger partial charge is 0.318 e. The van der Waals surface area contributed by atoms with Gasteiger partial charge in [0.25, 0.3) is 0 Å². The predicted octanol–water partition coefficient (Wildman–Crippen LogP) is 1.90. The molecule has 1 aromatic rings. The van der Waals surface area contributed by atoms with Crippen molar-refractivity contribution >= 4 is 0 Å². The first-order chi connectivity index (χ1) is 7.81. The van der Waals surface area contributed by atoms with Crippen LogP contribution in [-0.4, -0.2) is 36.1 Å². The quantitative estimate of drug-likeness (QED) is 0.762. The summed E-state index contributed by atoms with van der Waals surface area (Å²) in [6.07, 6.45) is 4.91. The van der Waals surface area contributed by atoms with E-state index in [0.29, 0.717) is 6.04 Å². The molecule has 90 valence electrons. The molecule has 0 aliphatic rings. The number of rotatable bonds is 7. The molecule has 1 unspecified atom stereocenters. The number of nitrogens with zero attached hydrogens (tertiary/aromatic N) is 2. The highest BCUT2D eigenvalue weighted by Gasteiger charge is 2.14. The van der Waals surface area contributed by atoms with Crippen LogP contribution < -0.4 is 5.32 Å². The van der Waals surface area contributed by atoms with E-state index in [-0.39, 0.29) is 0 Å². The first-order valence-electron chi connectivity index (χ1n) is 6.09. The zero-order chi connectivity index (χ0) is 11.8. The lowest BCUT2D eigenvalue weighted by Crippen LogP contribution is -2.40. The summed E-state index contributed by atoms with van der Waals surface area (Å²) in [7, 11) is 2.02. The Balaban J connectivity index is 2.60. The zero-order valence-electron chi connectivity index (χ0n) is 10.6. The number of hydrogen-bond donors (Lipinski definition) is 1. The lowest BCUT2D eigenvalue weighted by molar-refractivity contribution is 0.190. The van der Waals surface area contributed by atoms with E-state index < -0.39 is 0 Å². The van der Waals surface area contributed by atoms with Gasteiger partial charge in [0.15, 0.2) is 0 Å². The normalized spacial score (nSPS) is 13.0.